The number of hydrogen-bond acceptors (Lipinski definition) is 3. The SMILES string of the molecule is Cc1cc(Cl)ccc1S(=O)(=O)NC1C=CC(C(=O)O)C1. The number of nitrogens with one attached hydrogen (secondary N) is 1. The lowest BCUT2D eigenvalue weighted by atomic mass is 10.1. The number of aliphatic carboxylic acids is 1. The van der Waals surface area contributed by atoms with Crippen molar-refractivity contribution in [3.63, 3.8) is 0 Å². The Bertz CT molecular complexity index is 669. The van der Waals surface area contributed by atoms with Gasteiger partial charge in [-0.1, -0.05) is 23.8 Å². The van der Waals surface area contributed by atoms with E-state index in [9.17, 15) is 13.2 Å². The summed E-state index contributed by atoms with van der Waals surface area (Å²) in [6, 6.07) is 4.01. The lowest BCUT2D eigenvalue weighted by Gasteiger charge is -2.14. The van der Waals surface area contributed by atoms with E-state index in [2.05, 4.69) is 4.72 Å². The highest BCUT2D eigenvalue weighted by Gasteiger charge is 2.28. The summed E-state index contributed by atoms with van der Waals surface area (Å²) in [6.07, 6.45) is 3.30. The molecular formula is C13H14ClNO4S. The van der Waals surface area contributed by atoms with E-state index in [4.69, 9.17) is 16.7 Å². The molecule has 0 aromatic heterocycles. The normalized spacial score (nSPS) is 22.1. The van der Waals surface area contributed by atoms with Crippen LogP contribution in [0.5, 0.6) is 0 Å². The molecule has 0 saturated heterocycles. The molecule has 0 spiro atoms. The predicted octanol–water partition coefficient (Wildman–Crippen LogP) is 1.96. The van der Waals surface area contributed by atoms with Crippen LogP contribution in [0, 0.1) is 12.8 Å². The molecule has 5 nitrogen and oxygen atoms in total. The van der Waals surface area contributed by atoms with Crippen molar-refractivity contribution in [2.24, 2.45) is 5.92 Å². The van der Waals surface area contributed by atoms with Crippen molar-refractivity contribution in [2.75, 3.05) is 0 Å². The molecule has 0 saturated carbocycles. The molecule has 108 valence electrons. The number of sulfonamides is 1. The third-order valence-corrected chi connectivity index (χ3v) is 5.02. The minimum absolute atomic E-state index is 0.147. The summed E-state index contributed by atoms with van der Waals surface area (Å²) in [5.41, 5.74) is 0.543. The van der Waals surface area contributed by atoms with Gasteiger partial charge in [-0.3, -0.25) is 4.79 Å². The van der Waals surface area contributed by atoms with Crippen LogP contribution in [-0.2, 0) is 14.8 Å². The first kappa shape index (κ1) is 15.0. The van der Waals surface area contributed by atoms with Crippen molar-refractivity contribution >= 4 is 27.6 Å². The fraction of sp³-hybridized carbons (Fsp3) is 0.308. The van der Waals surface area contributed by atoms with Crippen LogP contribution in [0.1, 0.15) is 12.0 Å². The van der Waals surface area contributed by atoms with Crippen molar-refractivity contribution in [2.45, 2.75) is 24.3 Å². The van der Waals surface area contributed by atoms with Gasteiger partial charge in [0.05, 0.1) is 10.8 Å². The second kappa shape index (κ2) is 5.55. The number of rotatable bonds is 4. The van der Waals surface area contributed by atoms with Gasteiger partial charge in [0.15, 0.2) is 0 Å². The molecule has 2 rings (SSSR count). The molecule has 1 aromatic carbocycles. The quantitative estimate of drug-likeness (QED) is 0.832. The van der Waals surface area contributed by atoms with Crippen LogP contribution in [0.4, 0.5) is 0 Å². The van der Waals surface area contributed by atoms with E-state index >= 15 is 0 Å². The zero-order chi connectivity index (χ0) is 14.9. The molecule has 2 atom stereocenters. The third-order valence-electron chi connectivity index (χ3n) is 3.13. The Balaban J connectivity index is 2.17. The molecule has 0 heterocycles. The molecule has 1 aliphatic carbocycles. The Hall–Kier alpha value is -1.37. The molecule has 0 fully saturated rings. The first-order chi connectivity index (χ1) is 9.29. The van der Waals surface area contributed by atoms with Gasteiger partial charge in [-0.25, -0.2) is 13.1 Å². The van der Waals surface area contributed by atoms with E-state index in [0.29, 0.717) is 10.6 Å². The summed E-state index contributed by atoms with van der Waals surface area (Å²) < 4.78 is 27.0. The number of carboxylic acid groups (broad SMARTS) is 1. The molecule has 1 aromatic rings. The zero-order valence-electron chi connectivity index (χ0n) is 10.7. The van der Waals surface area contributed by atoms with Gasteiger partial charge in [0.2, 0.25) is 10.0 Å². The maximum absolute atomic E-state index is 12.3. The van der Waals surface area contributed by atoms with Crippen LogP contribution in [0.3, 0.4) is 0 Å². The largest absolute Gasteiger partial charge is 0.481 e. The first-order valence-corrected chi connectivity index (χ1v) is 7.85. The second-order valence-electron chi connectivity index (χ2n) is 4.70. The molecule has 0 radical (unpaired) electrons. The van der Waals surface area contributed by atoms with Gasteiger partial charge in [0.1, 0.15) is 0 Å². The van der Waals surface area contributed by atoms with Crippen molar-refractivity contribution in [1.82, 2.24) is 4.72 Å². The van der Waals surface area contributed by atoms with Crippen molar-refractivity contribution in [3.05, 3.63) is 40.9 Å². The van der Waals surface area contributed by atoms with Crippen LogP contribution in [0.2, 0.25) is 5.02 Å². The highest BCUT2D eigenvalue weighted by atomic mass is 35.5. The molecule has 0 amide bonds. The maximum Gasteiger partial charge on any atom is 0.310 e. The molecule has 20 heavy (non-hydrogen) atoms. The number of benzene rings is 1. The minimum Gasteiger partial charge on any atom is -0.481 e. The fourth-order valence-corrected chi connectivity index (χ4v) is 3.80. The van der Waals surface area contributed by atoms with Crippen molar-refractivity contribution in [1.29, 1.82) is 0 Å². The zero-order valence-corrected chi connectivity index (χ0v) is 12.3. The number of aryl methyl sites for hydroxylation is 1. The van der Waals surface area contributed by atoms with E-state index in [1.165, 1.54) is 18.2 Å². The Morgan fingerprint density at radius 3 is 2.65 bits per heavy atom. The van der Waals surface area contributed by atoms with Crippen LogP contribution >= 0.6 is 11.6 Å². The first-order valence-electron chi connectivity index (χ1n) is 5.99. The second-order valence-corrected chi connectivity index (χ2v) is 6.82. The van der Waals surface area contributed by atoms with Crippen LogP contribution in [-0.4, -0.2) is 25.5 Å². The topological polar surface area (TPSA) is 83.5 Å². The molecule has 2 unspecified atom stereocenters. The van der Waals surface area contributed by atoms with Gasteiger partial charge in [-0.05, 0) is 37.1 Å². The minimum atomic E-state index is -3.69. The van der Waals surface area contributed by atoms with Gasteiger partial charge in [0, 0.05) is 11.1 Å². The highest BCUT2D eigenvalue weighted by molar-refractivity contribution is 7.89. The fourth-order valence-electron chi connectivity index (χ4n) is 2.15. The Morgan fingerprint density at radius 2 is 2.10 bits per heavy atom. The number of hydrogen-bond donors (Lipinski definition) is 2. The van der Waals surface area contributed by atoms with E-state index in [1.54, 1.807) is 19.1 Å². The van der Waals surface area contributed by atoms with Gasteiger partial charge >= 0.3 is 5.97 Å². The average molecular weight is 316 g/mol. The molecule has 0 aliphatic heterocycles. The summed E-state index contributed by atoms with van der Waals surface area (Å²) in [7, 11) is -3.69. The summed E-state index contributed by atoms with van der Waals surface area (Å²) >= 11 is 5.80. The van der Waals surface area contributed by atoms with Crippen LogP contribution < -0.4 is 4.72 Å². The summed E-state index contributed by atoms with van der Waals surface area (Å²) in [6.45, 7) is 1.66. The number of carboxylic acids is 1. The Labute approximate surface area is 122 Å². The van der Waals surface area contributed by atoms with Gasteiger partial charge in [0.25, 0.3) is 0 Å². The molecular weight excluding hydrogens is 302 g/mol. The van der Waals surface area contributed by atoms with Crippen LogP contribution in [0.25, 0.3) is 0 Å². The highest BCUT2D eigenvalue weighted by Crippen LogP contribution is 2.23. The Morgan fingerprint density at radius 1 is 1.40 bits per heavy atom. The van der Waals surface area contributed by atoms with Gasteiger partial charge < -0.3 is 5.11 Å². The van der Waals surface area contributed by atoms with Crippen molar-refractivity contribution in [3.8, 4) is 0 Å². The van der Waals surface area contributed by atoms with E-state index < -0.39 is 28.0 Å². The Kier molecular flexibility index (Phi) is 4.17. The maximum atomic E-state index is 12.3. The number of carbonyl (C=O) groups is 1. The third kappa shape index (κ3) is 3.20. The average Bonchev–Trinajstić information content (AvgIpc) is 2.76. The van der Waals surface area contributed by atoms with Gasteiger partial charge in [-0.2, -0.15) is 0 Å². The smallest absolute Gasteiger partial charge is 0.310 e. The summed E-state index contributed by atoms with van der Waals surface area (Å²) in [5, 5.41) is 9.34. The van der Waals surface area contributed by atoms with Crippen molar-refractivity contribution < 1.29 is 18.3 Å². The molecule has 0 bridgehead atoms. The lowest BCUT2D eigenvalue weighted by molar-refractivity contribution is -0.140. The molecule has 1 aliphatic rings. The summed E-state index contributed by atoms with van der Waals surface area (Å²) in [5.74, 6) is -1.60. The lowest BCUT2D eigenvalue weighted by Crippen LogP contribution is -2.33. The molecule has 7 heteroatoms. The standard InChI is InChI=1S/C13H14ClNO4S/c1-8-6-10(14)3-5-12(8)20(18,19)15-11-4-2-9(7-11)13(16)17/h2-6,9,11,15H,7H2,1H3,(H,16,17). The summed E-state index contributed by atoms with van der Waals surface area (Å²) in [4.78, 5) is 11.0. The van der Waals surface area contributed by atoms with Gasteiger partial charge in [-0.15, -0.1) is 0 Å². The number of halogens is 1. The molecule has 2 N–H and O–H groups in total. The van der Waals surface area contributed by atoms with E-state index in [0.717, 1.165) is 0 Å². The van der Waals surface area contributed by atoms with Crippen LogP contribution in [0.15, 0.2) is 35.2 Å². The van der Waals surface area contributed by atoms with E-state index in [-0.39, 0.29) is 11.3 Å². The monoisotopic (exact) mass is 315 g/mol. The predicted molar refractivity (Wildman–Crippen MR) is 75.2 cm³/mol. The van der Waals surface area contributed by atoms with E-state index in [1.807, 2.05) is 0 Å².